The summed E-state index contributed by atoms with van der Waals surface area (Å²) in [6, 6.07) is 2.68. The van der Waals surface area contributed by atoms with Gasteiger partial charge in [0.2, 0.25) is 11.6 Å². The van der Waals surface area contributed by atoms with Crippen molar-refractivity contribution in [2.24, 2.45) is 5.73 Å². The third-order valence-electron chi connectivity index (χ3n) is 3.05. The van der Waals surface area contributed by atoms with E-state index in [0.717, 1.165) is 19.2 Å². The lowest BCUT2D eigenvalue weighted by Crippen LogP contribution is -2.63. The summed E-state index contributed by atoms with van der Waals surface area (Å²) < 4.78 is 31.5. The van der Waals surface area contributed by atoms with Crippen LogP contribution in [0.1, 0.15) is 19.4 Å². The molecule has 4 N–H and O–H groups in total. The van der Waals surface area contributed by atoms with Crippen LogP contribution in [0, 0.1) is 11.6 Å². The summed E-state index contributed by atoms with van der Waals surface area (Å²) in [4.78, 5) is 23.5. The molecule has 0 fully saturated rings. The summed E-state index contributed by atoms with van der Waals surface area (Å²) in [5, 5.41) is 11.5. The molecule has 0 aliphatic rings. The van der Waals surface area contributed by atoms with Gasteiger partial charge in [0, 0.05) is 19.6 Å². The zero-order valence-corrected chi connectivity index (χ0v) is 12.4. The van der Waals surface area contributed by atoms with Gasteiger partial charge in [-0.3, -0.25) is 4.79 Å². The third-order valence-corrected chi connectivity index (χ3v) is 3.05. The van der Waals surface area contributed by atoms with E-state index < -0.39 is 41.2 Å². The van der Waals surface area contributed by atoms with E-state index in [-0.39, 0.29) is 5.56 Å². The quantitative estimate of drug-likeness (QED) is 0.674. The van der Waals surface area contributed by atoms with Crippen LogP contribution in [0.25, 0.3) is 0 Å². The number of amides is 1. The molecule has 0 bridgehead atoms. The molecule has 0 saturated heterocycles. The van der Waals surface area contributed by atoms with Gasteiger partial charge in [-0.05, 0) is 25.5 Å². The number of carboxylic acids is 1. The Bertz CT molecular complexity index is 587. The van der Waals surface area contributed by atoms with Crippen molar-refractivity contribution in [2.45, 2.75) is 31.5 Å². The largest absolute Gasteiger partial charge is 0.478 e. The van der Waals surface area contributed by atoms with E-state index in [1.807, 2.05) is 0 Å². The fraction of sp³-hybridized carbons (Fsp3) is 0.429. The van der Waals surface area contributed by atoms with Crippen LogP contribution in [0.4, 0.5) is 8.78 Å². The van der Waals surface area contributed by atoms with Gasteiger partial charge in [0.15, 0.2) is 0 Å². The highest BCUT2D eigenvalue weighted by Gasteiger charge is 2.43. The highest BCUT2D eigenvalue weighted by atomic mass is 19.1. The maximum Gasteiger partial charge on any atom is 0.357 e. The van der Waals surface area contributed by atoms with Crippen LogP contribution in [-0.2, 0) is 20.7 Å². The molecule has 122 valence electrons. The van der Waals surface area contributed by atoms with Crippen molar-refractivity contribution in [1.29, 1.82) is 0 Å². The first-order chi connectivity index (χ1) is 10.0. The number of hydrogen-bond acceptors (Lipinski definition) is 4. The van der Waals surface area contributed by atoms with Crippen LogP contribution in [-0.4, -0.2) is 35.4 Å². The van der Waals surface area contributed by atoms with Crippen LogP contribution in [0.3, 0.4) is 0 Å². The van der Waals surface area contributed by atoms with Gasteiger partial charge in [-0.15, -0.1) is 0 Å². The molecule has 6 nitrogen and oxygen atoms in total. The molecular formula is C14H18F2N2O4. The number of nitrogens with one attached hydrogen (secondary N) is 1. The number of benzene rings is 1. The van der Waals surface area contributed by atoms with Crippen LogP contribution in [0.2, 0.25) is 0 Å². The number of nitrogens with two attached hydrogens (primary N) is 1. The number of hydrogen-bond donors (Lipinski definition) is 3. The summed E-state index contributed by atoms with van der Waals surface area (Å²) in [6.45, 7) is 2.76. The predicted molar refractivity (Wildman–Crippen MR) is 73.8 cm³/mol. The van der Waals surface area contributed by atoms with Gasteiger partial charge in [-0.1, -0.05) is 6.07 Å². The molecule has 0 aliphatic carbocycles. The number of methoxy groups -OCH3 is 1. The first-order valence-electron chi connectivity index (χ1n) is 6.36. The lowest BCUT2D eigenvalue weighted by Gasteiger charge is -2.32. The van der Waals surface area contributed by atoms with Gasteiger partial charge in [0.05, 0.1) is 5.54 Å². The standard InChI is InChI=1S/C14H18F2N2O4/c1-13(2,17)11(19)18-14(22-3,12(20)21)7-8-4-5-9(15)6-10(8)16/h4-6H,7,17H2,1-3H3,(H,18,19)(H,20,21)/t14-/m1/s1. The van der Waals surface area contributed by atoms with Crippen molar-refractivity contribution >= 4 is 11.9 Å². The Morgan fingerprint density at radius 1 is 1.36 bits per heavy atom. The normalized spacial score (nSPS) is 14.3. The molecule has 1 aromatic rings. The maximum atomic E-state index is 13.7. The Morgan fingerprint density at radius 2 is 1.95 bits per heavy atom. The molecule has 0 aromatic heterocycles. The highest BCUT2D eigenvalue weighted by molar-refractivity contribution is 5.90. The van der Waals surface area contributed by atoms with Gasteiger partial charge in [0.25, 0.3) is 0 Å². The van der Waals surface area contributed by atoms with Crippen molar-refractivity contribution in [3.05, 3.63) is 35.4 Å². The minimum absolute atomic E-state index is 0.124. The van der Waals surface area contributed by atoms with Gasteiger partial charge in [-0.2, -0.15) is 0 Å². The second-order valence-corrected chi connectivity index (χ2v) is 5.42. The number of ether oxygens (including phenoxy) is 1. The first kappa shape index (κ1) is 18.0. The molecule has 8 heteroatoms. The van der Waals surface area contributed by atoms with E-state index in [1.165, 1.54) is 13.8 Å². The number of carboxylic acid groups (broad SMARTS) is 1. The summed E-state index contributed by atoms with van der Waals surface area (Å²) in [5.74, 6) is -4.06. The Balaban J connectivity index is 3.17. The van der Waals surface area contributed by atoms with Crippen LogP contribution in [0.15, 0.2) is 18.2 Å². The molecule has 1 atom stereocenters. The molecule has 0 aliphatic heterocycles. The summed E-state index contributed by atoms with van der Waals surface area (Å²) in [5.41, 5.74) is 1.90. The molecule has 0 spiro atoms. The number of halogens is 2. The zero-order chi connectivity index (χ0) is 17.1. The van der Waals surface area contributed by atoms with Gasteiger partial charge in [0.1, 0.15) is 11.6 Å². The van der Waals surface area contributed by atoms with Crippen molar-refractivity contribution in [1.82, 2.24) is 5.32 Å². The first-order valence-corrected chi connectivity index (χ1v) is 6.36. The maximum absolute atomic E-state index is 13.7. The fourth-order valence-corrected chi connectivity index (χ4v) is 1.66. The van der Waals surface area contributed by atoms with E-state index in [9.17, 15) is 23.5 Å². The Hall–Kier alpha value is -2.06. The number of rotatable bonds is 6. The fourth-order valence-electron chi connectivity index (χ4n) is 1.66. The molecule has 0 heterocycles. The molecule has 1 amide bonds. The number of carbonyl (C=O) groups is 2. The monoisotopic (exact) mass is 316 g/mol. The van der Waals surface area contributed by atoms with Crippen molar-refractivity contribution in [3.63, 3.8) is 0 Å². The average Bonchev–Trinajstić information content (AvgIpc) is 2.39. The summed E-state index contributed by atoms with van der Waals surface area (Å²) >= 11 is 0. The second kappa shape index (κ2) is 6.37. The topological polar surface area (TPSA) is 102 Å². The van der Waals surface area contributed by atoms with E-state index in [0.29, 0.717) is 6.07 Å². The van der Waals surface area contributed by atoms with E-state index in [2.05, 4.69) is 5.32 Å². The minimum atomic E-state index is -2.22. The minimum Gasteiger partial charge on any atom is -0.478 e. The zero-order valence-electron chi connectivity index (χ0n) is 12.4. The Labute approximate surface area is 126 Å². The number of carbonyl (C=O) groups excluding carboxylic acids is 1. The van der Waals surface area contributed by atoms with Crippen molar-refractivity contribution in [2.75, 3.05) is 7.11 Å². The average molecular weight is 316 g/mol. The third kappa shape index (κ3) is 3.99. The summed E-state index contributed by atoms with van der Waals surface area (Å²) in [6.07, 6.45) is -0.535. The molecule has 1 aromatic carbocycles. The lowest BCUT2D eigenvalue weighted by molar-refractivity contribution is -0.170. The summed E-state index contributed by atoms with van der Waals surface area (Å²) in [7, 11) is 1.05. The lowest BCUT2D eigenvalue weighted by atomic mass is 9.99. The van der Waals surface area contributed by atoms with Gasteiger partial charge < -0.3 is 20.9 Å². The Kier molecular flexibility index (Phi) is 5.21. The molecular weight excluding hydrogens is 298 g/mol. The smallest absolute Gasteiger partial charge is 0.357 e. The molecule has 0 radical (unpaired) electrons. The molecule has 0 saturated carbocycles. The van der Waals surface area contributed by atoms with E-state index >= 15 is 0 Å². The Morgan fingerprint density at radius 3 is 2.36 bits per heavy atom. The predicted octanol–water partition coefficient (Wildman–Crippen LogP) is 0.788. The highest BCUT2D eigenvalue weighted by Crippen LogP contribution is 2.20. The molecule has 22 heavy (non-hydrogen) atoms. The molecule has 1 rings (SSSR count). The number of aliphatic carboxylic acids is 1. The molecule has 0 unspecified atom stereocenters. The van der Waals surface area contributed by atoms with E-state index in [4.69, 9.17) is 10.5 Å². The van der Waals surface area contributed by atoms with Gasteiger partial charge >= 0.3 is 5.97 Å². The van der Waals surface area contributed by atoms with Crippen LogP contribution < -0.4 is 11.1 Å². The van der Waals surface area contributed by atoms with Gasteiger partial charge in [-0.25, -0.2) is 13.6 Å². The van der Waals surface area contributed by atoms with Crippen LogP contribution >= 0.6 is 0 Å². The van der Waals surface area contributed by atoms with Crippen LogP contribution in [0.5, 0.6) is 0 Å². The van der Waals surface area contributed by atoms with E-state index in [1.54, 1.807) is 0 Å². The second-order valence-electron chi connectivity index (χ2n) is 5.42. The SMILES string of the molecule is CO[C@@](Cc1ccc(F)cc1F)(NC(=O)C(C)(C)N)C(=O)O. The van der Waals surface area contributed by atoms with Crippen molar-refractivity contribution < 1.29 is 28.2 Å². The van der Waals surface area contributed by atoms with Crippen molar-refractivity contribution in [3.8, 4) is 0 Å².